The third-order valence-electron chi connectivity index (χ3n) is 2.44. The Morgan fingerprint density at radius 1 is 1.53 bits per heavy atom. The first-order chi connectivity index (χ1) is 7.18. The van der Waals surface area contributed by atoms with Crippen molar-refractivity contribution in [1.82, 2.24) is 20.4 Å². The Morgan fingerprint density at radius 2 is 2.33 bits per heavy atom. The summed E-state index contributed by atoms with van der Waals surface area (Å²) in [6, 6.07) is -0.158. The molecular weight excluding hydrogens is 194 g/mol. The first-order valence-corrected chi connectivity index (χ1v) is 4.93. The van der Waals surface area contributed by atoms with Crippen LogP contribution >= 0.6 is 0 Å². The van der Waals surface area contributed by atoms with Crippen molar-refractivity contribution in [3.05, 3.63) is 11.3 Å². The minimum absolute atomic E-state index is 0.158. The van der Waals surface area contributed by atoms with E-state index < -0.39 is 0 Å². The summed E-state index contributed by atoms with van der Waals surface area (Å²) in [5.41, 5.74) is 2.18. The number of amides is 2. The molecule has 6 heteroatoms. The smallest absolute Gasteiger partial charge is 0.322 e. The van der Waals surface area contributed by atoms with Crippen LogP contribution in [-0.4, -0.2) is 41.8 Å². The van der Waals surface area contributed by atoms with Crippen LogP contribution in [0, 0.1) is 0 Å². The zero-order valence-corrected chi connectivity index (χ0v) is 8.92. The van der Waals surface area contributed by atoms with Crippen molar-refractivity contribution >= 4 is 11.8 Å². The van der Waals surface area contributed by atoms with Crippen LogP contribution in [0.25, 0.3) is 0 Å². The summed E-state index contributed by atoms with van der Waals surface area (Å²) in [6.45, 7) is 1.71. The van der Waals surface area contributed by atoms with Gasteiger partial charge in [0.1, 0.15) is 0 Å². The Kier molecular flexibility index (Phi) is 2.59. The lowest BCUT2D eigenvalue weighted by Crippen LogP contribution is -2.29. The fourth-order valence-corrected chi connectivity index (χ4v) is 1.54. The van der Waals surface area contributed by atoms with Crippen LogP contribution in [0.15, 0.2) is 0 Å². The lowest BCUT2D eigenvalue weighted by Gasteiger charge is -2.14. The number of nitrogens with one attached hydrogen (secondary N) is 3. The van der Waals surface area contributed by atoms with E-state index in [0.717, 1.165) is 30.8 Å². The van der Waals surface area contributed by atoms with Crippen LogP contribution in [-0.2, 0) is 13.0 Å². The van der Waals surface area contributed by atoms with E-state index in [1.807, 2.05) is 0 Å². The maximum Gasteiger partial charge on any atom is 0.322 e. The number of anilines is 1. The van der Waals surface area contributed by atoms with Crippen LogP contribution in [0.2, 0.25) is 0 Å². The number of aromatic nitrogens is 2. The minimum atomic E-state index is -0.158. The van der Waals surface area contributed by atoms with E-state index in [-0.39, 0.29) is 6.03 Å². The van der Waals surface area contributed by atoms with Crippen molar-refractivity contribution in [2.45, 2.75) is 13.0 Å². The largest absolute Gasteiger partial charge is 0.331 e. The number of fused-ring (bicyclic) bond motifs is 1. The Bertz CT molecular complexity index is 371. The molecule has 0 atom stereocenters. The van der Waals surface area contributed by atoms with Gasteiger partial charge in [-0.2, -0.15) is 5.10 Å². The Labute approximate surface area is 88.0 Å². The van der Waals surface area contributed by atoms with Crippen molar-refractivity contribution in [1.29, 1.82) is 0 Å². The van der Waals surface area contributed by atoms with Gasteiger partial charge in [-0.3, -0.25) is 10.4 Å². The summed E-state index contributed by atoms with van der Waals surface area (Å²) in [7, 11) is 3.40. The van der Waals surface area contributed by atoms with Crippen molar-refractivity contribution in [2.24, 2.45) is 0 Å². The van der Waals surface area contributed by atoms with Gasteiger partial charge in [-0.1, -0.05) is 0 Å². The van der Waals surface area contributed by atoms with Gasteiger partial charge in [-0.05, 0) is 0 Å². The molecule has 1 aliphatic heterocycles. The van der Waals surface area contributed by atoms with Gasteiger partial charge in [-0.15, -0.1) is 0 Å². The molecule has 1 aromatic rings. The third kappa shape index (κ3) is 1.94. The number of hydrogen-bond donors (Lipinski definition) is 3. The molecule has 3 N–H and O–H groups in total. The van der Waals surface area contributed by atoms with E-state index in [9.17, 15) is 4.79 Å². The first-order valence-electron chi connectivity index (χ1n) is 4.93. The molecule has 0 spiro atoms. The van der Waals surface area contributed by atoms with Gasteiger partial charge >= 0.3 is 6.03 Å². The van der Waals surface area contributed by atoms with Crippen LogP contribution < -0.4 is 10.6 Å². The average molecular weight is 209 g/mol. The molecule has 82 valence electrons. The van der Waals surface area contributed by atoms with Crippen LogP contribution in [0.5, 0.6) is 0 Å². The van der Waals surface area contributed by atoms with E-state index >= 15 is 0 Å². The van der Waals surface area contributed by atoms with Crippen LogP contribution in [0.3, 0.4) is 0 Å². The molecule has 0 saturated carbocycles. The lowest BCUT2D eigenvalue weighted by atomic mass is 10.1. The normalized spacial score (nSPS) is 14.5. The number of aromatic amines is 1. The monoisotopic (exact) mass is 209 g/mol. The topological polar surface area (TPSA) is 73.0 Å². The molecule has 15 heavy (non-hydrogen) atoms. The summed E-state index contributed by atoms with van der Waals surface area (Å²) < 4.78 is 0. The number of carbonyl (C=O) groups is 1. The number of carbonyl (C=O) groups excluding carboxylic acids is 1. The highest BCUT2D eigenvalue weighted by atomic mass is 16.2. The molecule has 1 aromatic heterocycles. The summed E-state index contributed by atoms with van der Waals surface area (Å²) in [5, 5.41) is 13.0. The fourth-order valence-electron chi connectivity index (χ4n) is 1.54. The van der Waals surface area contributed by atoms with Gasteiger partial charge in [0.05, 0.1) is 0 Å². The zero-order chi connectivity index (χ0) is 10.8. The van der Waals surface area contributed by atoms with Crippen molar-refractivity contribution in [3.8, 4) is 0 Å². The summed E-state index contributed by atoms with van der Waals surface area (Å²) >= 11 is 0. The van der Waals surface area contributed by atoms with Gasteiger partial charge in [0.15, 0.2) is 5.82 Å². The highest BCUT2D eigenvalue weighted by Crippen LogP contribution is 2.19. The number of hydrogen-bond acceptors (Lipinski definition) is 3. The standard InChI is InChI=1S/C9H15N5O/c1-14(2)9(15)11-8-6-5-10-4-3-7(6)12-13-8/h10H,3-5H2,1-2H3,(H2,11,12,13,15). The predicted molar refractivity (Wildman–Crippen MR) is 56.7 cm³/mol. The van der Waals surface area contributed by atoms with E-state index in [2.05, 4.69) is 20.8 Å². The van der Waals surface area contributed by atoms with Gasteiger partial charge in [-0.25, -0.2) is 4.79 Å². The van der Waals surface area contributed by atoms with Gasteiger partial charge < -0.3 is 10.2 Å². The van der Waals surface area contributed by atoms with Crippen molar-refractivity contribution < 1.29 is 4.79 Å². The Morgan fingerprint density at radius 3 is 3.07 bits per heavy atom. The first kappa shape index (κ1) is 9.97. The highest BCUT2D eigenvalue weighted by molar-refractivity contribution is 5.88. The molecule has 0 saturated heterocycles. The number of urea groups is 1. The van der Waals surface area contributed by atoms with E-state index in [0.29, 0.717) is 5.82 Å². The lowest BCUT2D eigenvalue weighted by molar-refractivity contribution is 0.230. The van der Waals surface area contributed by atoms with Gasteiger partial charge in [0, 0.05) is 44.9 Å². The van der Waals surface area contributed by atoms with Crippen molar-refractivity contribution in [3.63, 3.8) is 0 Å². The van der Waals surface area contributed by atoms with Gasteiger partial charge in [0.25, 0.3) is 0 Å². The molecule has 0 aromatic carbocycles. The molecule has 0 radical (unpaired) electrons. The van der Waals surface area contributed by atoms with Gasteiger partial charge in [0.2, 0.25) is 0 Å². The quantitative estimate of drug-likeness (QED) is 0.616. The molecule has 1 aliphatic rings. The second-order valence-corrected chi connectivity index (χ2v) is 3.78. The molecule has 0 bridgehead atoms. The predicted octanol–water partition coefficient (Wildman–Crippen LogP) is 0.149. The average Bonchev–Trinajstić information content (AvgIpc) is 2.62. The number of rotatable bonds is 1. The Hall–Kier alpha value is -1.56. The minimum Gasteiger partial charge on any atom is -0.331 e. The summed E-state index contributed by atoms with van der Waals surface area (Å²) in [6.07, 6.45) is 0.931. The summed E-state index contributed by atoms with van der Waals surface area (Å²) in [4.78, 5) is 12.9. The van der Waals surface area contributed by atoms with Crippen molar-refractivity contribution in [2.75, 3.05) is 26.0 Å². The highest BCUT2D eigenvalue weighted by Gasteiger charge is 2.18. The molecule has 2 rings (SSSR count). The molecule has 6 nitrogen and oxygen atoms in total. The third-order valence-corrected chi connectivity index (χ3v) is 2.44. The van der Waals surface area contributed by atoms with E-state index in [4.69, 9.17) is 0 Å². The van der Waals surface area contributed by atoms with Crippen LogP contribution in [0.4, 0.5) is 10.6 Å². The molecule has 0 fully saturated rings. The molecule has 2 heterocycles. The number of nitrogens with zero attached hydrogens (tertiary/aromatic N) is 2. The molecular formula is C9H15N5O. The number of H-pyrrole nitrogens is 1. The zero-order valence-electron chi connectivity index (χ0n) is 8.92. The fraction of sp³-hybridized carbons (Fsp3) is 0.556. The second-order valence-electron chi connectivity index (χ2n) is 3.78. The molecule has 0 unspecified atom stereocenters. The summed E-state index contributed by atoms with van der Waals surface area (Å²) in [5.74, 6) is 0.635. The maximum atomic E-state index is 11.4. The molecule has 2 amide bonds. The SMILES string of the molecule is CN(C)C(=O)Nc1n[nH]c2c1CNCC2. The molecule has 0 aliphatic carbocycles. The van der Waals surface area contributed by atoms with Crippen LogP contribution in [0.1, 0.15) is 11.3 Å². The van der Waals surface area contributed by atoms with E-state index in [1.165, 1.54) is 4.90 Å². The second kappa shape index (κ2) is 3.90. The van der Waals surface area contributed by atoms with E-state index in [1.54, 1.807) is 14.1 Å². The maximum absolute atomic E-state index is 11.4. The Balaban J connectivity index is 2.15.